The lowest BCUT2D eigenvalue weighted by Crippen LogP contribution is -2.28. The van der Waals surface area contributed by atoms with Crippen LogP contribution in [0, 0.1) is 6.92 Å². The lowest BCUT2D eigenvalue weighted by Gasteiger charge is -2.16. The number of hydrogen-bond donors (Lipinski definition) is 2. The number of alkyl halides is 6. The Morgan fingerprint density at radius 2 is 1.78 bits per heavy atom. The number of carbonyl (C=O) groups is 2. The minimum atomic E-state index is -4.80. The third kappa shape index (κ3) is 6.40. The number of halogens is 6. The van der Waals surface area contributed by atoms with Crippen LogP contribution >= 0.6 is 11.3 Å². The Morgan fingerprint density at radius 1 is 1.08 bits per heavy atom. The van der Waals surface area contributed by atoms with Gasteiger partial charge >= 0.3 is 12.4 Å². The summed E-state index contributed by atoms with van der Waals surface area (Å²) in [5.74, 6) is -1.68. The Morgan fingerprint density at radius 3 is 2.38 bits per heavy atom. The third-order valence-electron chi connectivity index (χ3n) is 5.31. The third-order valence-corrected chi connectivity index (χ3v) is 6.31. The van der Waals surface area contributed by atoms with Crippen molar-refractivity contribution in [3.05, 3.63) is 63.7 Å². The van der Waals surface area contributed by atoms with E-state index in [4.69, 9.17) is 4.74 Å². The van der Waals surface area contributed by atoms with Gasteiger partial charge in [-0.05, 0) is 50.6 Å². The molecule has 0 atom stereocenters. The summed E-state index contributed by atoms with van der Waals surface area (Å²) in [4.78, 5) is 30.3. The second-order valence-electron chi connectivity index (χ2n) is 7.75. The summed E-state index contributed by atoms with van der Waals surface area (Å²) < 4.78 is 84.5. The monoisotopic (exact) mass is 545 g/mol. The van der Waals surface area contributed by atoms with Gasteiger partial charge in [0, 0.05) is 12.1 Å². The largest absolute Gasteiger partial charge is 0.496 e. The highest BCUT2D eigenvalue weighted by atomic mass is 32.1. The molecule has 0 saturated carbocycles. The fraction of sp³-hybridized carbons (Fsp3) is 0.292. The van der Waals surface area contributed by atoms with Gasteiger partial charge in [0.05, 0.1) is 39.1 Å². The molecule has 0 aliphatic carbocycles. The molecule has 2 N–H and O–H groups in total. The number of hydrogen-bond acceptors (Lipinski definition) is 5. The van der Waals surface area contributed by atoms with Crippen LogP contribution in [0.3, 0.4) is 0 Å². The first-order valence-corrected chi connectivity index (χ1v) is 11.5. The van der Waals surface area contributed by atoms with E-state index in [0.29, 0.717) is 27.4 Å². The van der Waals surface area contributed by atoms with Gasteiger partial charge in [0.1, 0.15) is 11.3 Å². The van der Waals surface area contributed by atoms with Gasteiger partial charge in [-0.1, -0.05) is 6.08 Å². The fourth-order valence-electron chi connectivity index (χ4n) is 3.53. The van der Waals surface area contributed by atoms with Crippen LogP contribution in [0.1, 0.15) is 44.6 Å². The summed E-state index contributed by atoms with van der Waals surface area (Å²) in [5, 5.41) is 5.29. The molecule has 6 nitrogen and oxygen atoms in total. The predicted molar refractivity (Wildman–Crippen MR) is 127 cm³/mol. The van der Waals surface area contributed by atoms with Crippen molar-refractivity contribution in [1.82, 2.24) is 10.3 Å². The molecule has 0 aliphatic heterocycles. The lowest BCUT2D eigenvalue weighted by molar-refractivity contribution is -0.137. The lowest BCUT2D eigenvalue weighted by atomic mass is 10.1. The summed E-state index contributed by atoms with van der Waals surface area (Å²) in [6, 6.07) is 5.28. The summed E-state index contributed by atoms with van der Waals surface area (Å²) in [6.07, 6.45) is -9.15. The molecule has 2 amide bonds. The number of nitrogens with zero attached hydrogens (tertiary/aromatic N) is 1. The van der Waals surface area contributed by atoms with Crippen LogP contribution in [0.15, 0.2) is 42.0 Å². The van der Waals surface area contributed by atoms with E-state index in [0.717, 1.165) is 12.1 Å². The molecule has 1 heterocycles. The van der Waals surface area contributed by atoms with Crippen LogP contribution in [-0.4, -0.2) is 36.6 Å². The number of fused-ring (bicyclic) bond motifs is 1. The number of allylic oxidation sites excluding steroid dienone is 1. The van der Waals surface area contributed by atoms with Crippen molar-refractivity contribution in [2.75, 3.05) is 19.0 Å². The van der Waals surface area contributed by atoms with E-state index < -0.39 is 53.8 Å². The number of aromatic nitrogens is 1. The molecule has 0 spiro atoms. The van der Waals surface area contributed by atoms with Gasteiger partial charge in [0.25, 0.3) is 11.8 Å². The molecule has 3 rings (SSSR count). The van der Waals surface area contributed by atoms with Gasteiger partial charge in [-0.15, -0.1) is 11.3 Å². The SMILES string of the molecule is C/C=C(\CCNC(=O)c1cc(C(F)(F)F)ccc1NC(=O)c1c(OC)ccc2nc(C)sc12)C(F)(F)F. The molecule has 13 heteroatoms. The molecule has 2 aromatic carbocycles. The maximum Gasteiger partial charge on any atom is 0.416 e. The van der Waals surface area contributed by atoms with Crippen molar-refractivity contribution in [3.63, 3.8) is 0 Å². The normalized spacial score (nSPS) is 12.5. The second kappa shape index (κ2) is 10.8. The van der Waals surface area contributed by atoms with E-state index in [2.05, 4.69) is 15.6 Å². The van der Waals surface area contributed by atoms with Gasteiger partial charge in [-0.3, -0.25) is 9.59 Å². The van der Waals surface area contributed by atoms with Crippen LogP contribution < -0.4 is 15.4 Å². The number of ether oxygens (including phenoxy) is 1. The molecular formula is C24H21F6N3O3S. The molecule has 0 unspecified atom stereocenters. The number of carbonyl (C=O) groups excluding carboxylic acids is 2. The number of methoxy groups -OCH3 is 1. The van der Waals surface area contributed by atoms with Crippen molar-refractivity contribution < 1.29 is 40.7 Å². The summed E-state index contributed by atoms with van der Waals surface area (Å²) >= 11 is 1.20. The zero-order valence-corrected chi connectivity index (χ0v) is 20.5. The minimum absolute atomic E-state index is 0.0692. The molecule has 0 aliphatic rings. The summed E-state index contributed by atoms with van der Waals surface area (Å²) in [6.45, 7) is 2.43. The molecule has 0 saturated heterocycles. The van der Waals surface area contributed by atoms with Crippen LogP contribution in [0.4, 0.5) is 32.0 Å². The average Bonchev–Trinajstić information content (AvgIpc) is 3.19. The van der Waals surface area contributed by atoms with Crippen LogP contribution in [0.5, 0.6) is 5.75 Å². The maximum absolute atomic E-state index is 13.3. The number of anilines is 1. The Balaban J connectivity index is 1.95. The van der Waals surface area contributed by atoms with Crippen molar-refractivity contribution in [3.8, 4) is 5.75 Å². The predicted octanol–water partition coefficient (Wildman–Crippen LogP) is 6.51. The molecule has 0 bridgehead atoms. The van der Waals surface area contributed by atoms with E-state index in [-0.39, 0.29) is 17.0 Å². The summed E-state index contributed by atoms with van der Waals surface area (Å²) in [5.41, 5.74) is -2.33. The van der Waals surface area contributed by atoms with Crippen molar-refractivity contribution in [2.24, 2.45) is 0 Å². The number of aryl methyl sites for hydroxylation is 1. The fourth-order valence-corrected chi connectivity index (χ4v) is 4.48. The summed E-state index contributed by atoms with van der Waals surface area (Å²) in [7, 11) is 1.34. The van der Waals surface area contributed by atoms with Crippen LogP contribution in [0.25, 0.3) is 10.2 Å². The highest BCUT2D eigenvalue weighted by Gasteiger charge is 2.34. The van der Waals surface area contributed by atoms with Gasteiger partial charge in [-0.2, -0.15) is 26.3 Å². The molecule has 0 fully saturated rings. The van der Waals surface area contributed by atoms with Crippen molar-refractivity contribution >= 4 is 39.1 Å². The van der Waals surface area contributed by atoms with Crippen LogP contribution in [0.2, 0.25) is 0 Å². The highest BCUT2D eigenvalue weighted by Crippen LogP contribution is 2.35. The first kappa shape index (κ1) is 28.0. The number of benzene rings is 2. The highest BCUT2D eigenvalue weighted by molar-refractivity contribution is 7.19. The number of nitrogens with one attached hydrogen (secondary N) is 2. The maximum atomic E-state index is 13.3. The topological polar surface area (TPSA) is 80.3 Å². The first-order valence-electron chi connectivity index (χ1n) is 10.7. The van der Waals surface area contributed by atoms with Crippen LogP contribution in [-0.2, 0) is 6.18 Å². The second-order valence-corrected chi connectivity index (χ2v) is 8.96. The number of amides is 2. The molecule has 1 aromatic heterocycles. The average molecular weight is 546 g/mol. The van der Waals surface area contributed by atoms with Crippen molar-refractivity contribution in [2.45, 2.75) is 32.6 Å². The molecule has 3 aromatic rings. The smallest absolute Gasteiger partial charge is 0.416 e. The van der Waals surface area contributed by atoms with Gasteiger partial charge in [0.2, 0.25) is 0 Å². The quantitative estimate of drug-likeness (QED) is 0.262. The minimum Gasteiger partial charge on any atom is -0.496 e. The molecule has 198 valence electrons. The van der Waals surface area contributed by atoms with E-state index in [1.54, 1.807) is 13.0 Å². The van der Waals surface area contributed by atoms with Gasteiger partial charge in [-0.25, -0.2) is 4.98 Å². The standard InChI is InChI=1S/C24H21F6N3O3S/c1-4-13(23(25,26)27)9-10-31-21(34)15-11-14(24(28,29)30)5-6-16(15)33-22(35)19-18(36-3)8-7-17-20(19)37-12(2)32-17/h4-8,11H,9-10H2,1-3H3,(H,31,34)(H,33,35)/b13-4+. The zero-order chi connectivity index (χ0) is 27.5. The van der Waals surface area contributed by atoms with Gasteiger partial charge in [0.15, 0.2) is 0 Å². The molecule has 37 heavy (non-hydrogen) atoms. The molecular weight excluding hydrogens is 524 g/mol. The molecule has 0 radical (unpaired) electrons. The van der Waals surface area contributed by atoms with Crippen molar-refractivity contribution in [1.29, 1.82) is 0 Å². The van der Waals surface area contributed by atoms with E-state index in [1.807, 2.05) is 0 Å². The Bertz CT molecular complexity index is 1360. The van der Waals surface area contributed by atoms with E-state index in [1.165, 1.54) is 31.4 Å². The Kier molecular flexibility index (Phi) is 8.16. The Hall–Kier alpha value is -3.61. The van der Waals surface area contributed by atoms with Gasteiger partial charge < -0.3 is 15.4 Å². The first-order chi connectivity index (χ1) is 17.3. The number of rotatable bonds is 7. The Labute approximate surface area is 211 Å². The number of thiazole rings is 1. The zero-order valence-electron chi connectivity index (χ0n) is 19.7. The van der Waals surface area contributed by atoms with E-state index >= 15 is 0 Å². The van der Waals surface area contributed by atoms with E-state index in [9.17, 15) is 35.9 Å².